The van der Waals surface area contributed by atoms with Crippen molar-refractivity contribution in [2.45, 2.75) is 20.3 Å². The molecule has 0 aliphatic rings. The number of carbonyl (C=O) groups excluding carboxylic acids is 1. The third-order valence-electron chi connectivity index (χ3n) is 2.33. The summed E-state index contributed by atoms with van der Waals surface area (Å²) in [4.78, 5) is 16.1. The summed E-state index contributed by atoms with van der Waals surface area (Å²) in [6.07, 6.45) is 4.36. The summed E-state index contributed by atoms with van der Waals surface area (Å²) in [7, 11) is 0. The van der Waals surface area contributed by atoms with Gasteiger partial charge in [-0.2, -0.15) is 5.10 Å². The van der Waals surface area contributed by atoms with Crippen LogP contribution in [0.3, 0.4) is 0 Å². The second-order valence-electron chi connectivity index (χ2n) is 3.60. The van der Waals surface area contributed by atoms with E-state index in [1.54, 1.807) is 23.0 Å². The van der Waals surface area contributed by atoms with Crippen LogP contribution in [0, 0.1) is 6.92 Å². The number of nitrogens with one attached hydrogen (secondary N) is 1. The average molecular weight is 218 g/mol. The lowest BCUT2D eigenvalue weighted by atomic mass is 10.2. The first-order valence-electron chi connectivity index (χ1n) is 5.32. The summed E-state index contributed by atoms with van der Waals surface area (Å²) in [6.45, 7) is 4.50. The van der Waals surface area contributed by atoms with Crippen LogP contribution in [-0.2, 0) is 0 Å². The minimum absolute atomic E-state index is 0.104. The number of fused-ring (bicyclic) bond motifs is 1. The van der Waals surface area contributed by atoms with Crippen LogP contribution in [-0.4, -0.2) is 27.0 Å². The topological polar surface area (TPSA) is 59.3 Å². The molecule has 1 N–H and O–H groups in total. The summed E-state index contributed by atoms with van der Waals surface area (Å²) in [6, 6.07) is 1.78. The zero-order valence-electron chi connectivity index (χ0n) is 9.40. The van der Waals surface area contributed by atoms with E-state index in [-0.39, 0.29) is 5.91 Å². The number of nitrogens with zero attached hydrogens (tertiary/aromatic N) is 3. The largest absolute Gasteiger partial charge is 0.352 e. The van der Waals surface area contributed by atoms with Crippen LogP contribution in [0.15, 0.2) is 18.5 Å². The Morgan fingerprint density at radius 2 is 2.38 bits per heavy atom. The number of aromatic nitrogens is 3. The van der Waals surface area contributed by atoms with Crippen LogP contribution in [0.5, 0.6) is 0 Å². The van der Waals surface area contributed by atoms with Crippen molar-refractivity contribution in [1.29, 1.82) is 0 Å². The SMILES string of the molecule is CCCNC(=O)c1c(C)nn2cccnc12. The first-order valence-corrected chi connectivity index (χ1v) is 5.32. The Morgan fingerprint density at radius 1 is 1.56 bits per heavy atom. The van der Waals surface area contributed by atoms with E-state index in [4.69, 9.17) is 0 Å². The van der Waals surface area contributed by atoms with Crippen molar-refractivity contribution in [3.8, 4) is 0 Å². The molecule has 0 unspecified atom stereocenters. The summed E-state index contributed by atoms with van der Waals surface area (Å²) in [5, 5.41) is 7.07. The molecular formula is C11H14N4O. The van der Waals surface area contributed by atoms with Gasteiger partial charge in [0.05, 0.1) is 5.69 Å². The van der Waals surface area contributed by atoms with E-state index in [2.05, 4.69) is 15.4 Å². The fraction of sp³-hybridized carbons (Fsp3) is 0.364. The third-order valence-corrected chi connectivity index (χ3v) is 2.33. The van der Waals surface area contributed by atoms with Gasteiger partial charge in [-0.05, 0) is 19.4 Å². The molecule has 0 aliphatic carbocycles. The van der Waals surface area contributed by atoms with E-state index >= 15 is 0 Å². The predicted octanol–water partition coefficient (Wildman–Crippen LogP) is 1.18. The van der Waals surface area contributed by atoms with Crippen molar-refractivity contribution in [3.05, 3.63) is 29.7 Å². The lowest BCUT2D eigenvalue weighted by Crippen LogP contribution is -2.24. The molecule has 5 heteroatoms. The standard InChI is InChI=1S/C11H14N4O/c1-3-5-13-11(16)9-8(2)14-15-7-4-6-12-10(9)15/h4,6-7H,3,5H2,1-2H3,(H,13,16). The molecule has 2 rings (SSSR count). The van der Waals surface area contributed by atoms with Crippen LogP contribution in [0.2, 0.25) is 0 Å². The van der Waals surface area contributed by atoms with Crippen molar-refractivity contribution in [2.75, 3.05) is 6.54 Å². The molecule has 0 spiro atoms. The second-order valence-corrected chi connectivity index (χ2v) is 3.60. The third kappa shape index (κ3) is 1.76. The first-order chi connectivity index (χ1) is 7.74. The molecule has 5 nitrogen and oxygen atoms in total. The van der Waals surface area contributed by atoms with E-state index < -0.39 is 0 Å². The number of rotatable bonds is 3. The molecule has 0 aromatic carbocycles. The van der Waals surface area contributed by atoms with Crippen LogP contribution < -0.4 is 5.32 Å². The van der Waals surface area contributed by atoms with Crippen molar-refractivity contribution >= 4 is 11.6 Å². The summed E-state index contributed by atoms with van der Waals surface area (Å²) in [5.74, 6) is -0.104. The van der Waals surface area contributed by atoms with Gasteiger partial charge < -0.3 is 5.32 Å². The van der Waals surface area contributed by atoms with E-state index in [0.29, 0.717) is 23.4 Å². The first kappa shape index (κ1) is 10.6. The van der Waals surface area contributed by atoms with Crippen LogP contribution >= 0.6 is 0 Å². The van der Waals surface area contributed by atoms with E-state index in [9.17, 15) is 4.79 Å². The lowest BCUT2D eigenvalue weighted by Gasteiger charge is -2.01. The Labute approximate surface area is 93.5 Å². The Balaban J connectivity index is 2.43. The fourth-order valence-electron chi connectivity index (χ4n) is 1.59. The van der Waals surface area contributed by atoms with Gasteiger partial charge in [-0.25, -0.2) is 9.50 Å². The van der Waals surface area contributed by atoms with Gasteiger partial charge in [0.2, 0.25) is 0 Å². The van der Waals surface area contributed by atoms with E-state index in [1.807, 2.05) is 13.8 Å². The number of hydrogen-bond acceptors (Lipinski definition) is 3. The van der Waals surface area contributed by atoms with Gasteiger partial charge in [-0.3, -0.25) is 4.79 Å². The molecule has 84 valence electrons. The van der Waals surface area contributed by atoms with Gasteiger partial charge >= 0.3 is 0 Å². The predicted molar refractivity (Wildman–Crippen MR) is 60.3 cm³/mol. The van der Waals surface area contributed by atoms with E-state index in [0.717, 1.165) is 6.42 Å². The van der Waals surface area contributed by atoms with Crippen molar-refractivity contribution in [2.24, 2.45) is 0 Å². The molecule has 0 saturated carbocycles. The zero-order valence-corrected chi connectivity index (χ0v) is 9.40. The number of hydrogen-bond donors (Lipinski definition) is 1. The smallest absolute Gasteiger partial charge is 0.257 e. The van der Waals surface area contributed by atoms with Crippen LogP contribution in [0.25, 0.3) is 5.65 Å². The maximum absolute atomic E-state index is 11.9. The monoisotopic (exact) mass is 218 g/mol. The molecule has 1 amide bonds. The fourth-order valence-corrected chi connectivity index (χ4v) is 1.59. The molecule has 0 fully saturated rings. The Kier molecular flexibility index (Phi) is 2.85. The van der Waals surface area contributed by atoms with Crippen molar-refractivity contribution in [3.63, 3.8) is 0 Å². The minimum atomic E-state index is -0.104. The summed E-state index contributed by atoms with van der Waals surface area (Å²) in [5.41, 5.74) is 1.87. The molecule has 0 aliphatic heterocycles. The number of amides is 1. The average Bonchev–Trinajstić information content (AvgIpc) is 2.62. The van der Waals surface area contributed by atoms with Gasteiger partial charge in [0.1, 0.15) is 5.56 Å². The van der Waals surface area contributed by atoms with Gasteiger partial charge in [0, 0.05) is 18.9 Å². The Hall–Kier alpha value is -1.91. The molecule has 0 saturated heterocycles. The summed E-state index contributed by atoms with van der Waals surface area (Å²) < 4.78 is 1.62. The second kappa shape index (κ2) is 4.30. The van der Waals surface area contributed by atoms with Crippen LogP contribution in [0.4, 0.5) is 0 Å². The quantitative estimate of drug-likeness (QED) is 0.841. The maximum atomic E-state index is 11.9. The highest BCUT2D eigenvalue weighted by molar-refractivity contribution is 6.00. The molecule has 16 heavy (non-hydrogen) atoms. The molecular weight excluding hydrogens is 204 g/mol. The molecule has 0 atom stereocenters. The highest BCUT2D eigenvalue weighted by atomic mass is 16.1. The Bertz CT molecular complexity index is 518. The lowest BCUT2D eigenvalue weighted by molar-refractivity contribution is 0.0954. The summed E-state index contributed by atoms with van der Waals surface area (Å²) >= 11 is 0. The number of carbonyl (C=O) groups is 1. The highest BCUT2D eigenvalue weighted by Crippen LogP contribution is 2.12. The number of aryl methyl sites for hydroxylation is 1. The molecule has 2 aromatic heterocycles. The molecule has 0 bridgehead atoms. The molecule has 0 radical (unpaired) electrons. The van der Waals surface area contributed by atoms with Crippen LogP contribution in [0.1, 0.15) is 29.4 Å². The normalized spacial score (nSPS) is 10.6. The molecule has 2 heterocycles. The zero-order chi connectivity index (χ0) is 11.5. The minimum Gasteiger partial charge on any atom is -0.352 e. The Morgan fingerprint density at radius 3 is 3.12 bits per heavy atom. The van der Waals surface area contributed by atoms with Crippen molar-refractivity contribution < 1.29 is 4.79 Å². The highest BCUT2D eigenvalue weighted by Gasteiger charge is 2.16. The molecule has 2 aromatic rings. The maximum Gasteiger partial charge on any atom is 0.257 e. The van der Waals surface area contributed by atoms with Crippen molar-refractivity contribution in [1.82, 2.24) is 19.9 Å². The van der Waals surface area contributed by atoms with Gasteiger partial charge in [-0.1, -0.05) is 6.92 Å². The van der Waals surface area contributed by atoms with Gasteiger partial charge in [-0.15, -0.1) is 0 Å². The van der Waals surface area contributed by atoms with Gasteiger partial charge in [0.25, 0.3) is 5.91 Å². The van der Waals surface area contributed by atoms with E-state index in [1.165, 1.54) is 0 Å². The van der Waals surface area contributed by atoms with Gasteiger partial charge in [0.15, 0.2) is 5.65 Å².